The van der Waals surface area contributed by atoms with Crippen LogP contribution >= 0.6 is 11.3 Å². The molecule has 0 amide bonds. The molecule has 12 aromatic rings. The molecule has 1 atom stereocenters. The number of aryl methyl sites for hydroxylation is 1. The average Bonchev–Trinajstić information content (AvgIpc) is 3.84. The van der Waals surface area contributed by atoms with Crippen LogP contribution in [0.15, 0.2) is 273 Å². The summed E-state index contributed by atoms with van der Waals surface area (Å²) >= 11 is 1.89. The van der Waals surface area contributed by atoms with E-state index in [1.807, 2.05) is 11.3 Å². The van der Waals surface area contributed by atoms with Crippen LogP contribution in [0.1, 0.15) is 29.0 Å². The van der Waals surface area contributed by atoms with Gasteiger partial charge >= 0.3 is 0 Å². The minimum absolute atomic E-state index is 0.191. The fraction of sp³-hybridized carbons (Fsp3) is 0.0435. The van der Waals surface area contributed by atoms with Crippen LogP contribution in [-0.2, 0) is 6.42 Å². The average molecular weight is 939 g/mol. The molecule has 11 aromatic carbocycles. The Labute approximate surface area is 426 Å². The molecule has 0 fully saturated rings. The standard InChI is InChI=1S/C69H50N2S/c1-5-22-48(23-6-1)50-26-19-31-54(46-50)70(52-27-9-3-10-28-52)66-40-20-38-64-65-39-21-41-67(69(65)72-68(64)66)71(53-29-11-4-12-30-53)55-43-45-57-51(47-55)42-44-56(49-24-7-2-8-25-49)58-32-13-15-34-60(58)62-36-17-18-37-63(62)61-35-16-14-33-59(57)61/h1-41,43,45-47,56H,42,44H2. The second-order valence-corrected chi connectivity index (χ2v) is 19.7. The van der Waals surface area contributed by atoms with E-state index in [1.165, 1.54) is 81.4 Å². The molecule has 0 saturated carbocycles. The zero-order chi connectivity index (χ0) is 47.8. The molecular weight excluding hydrogens is 889 g/mol. The number of fused-ring (bicyclic) bond motifs is 10. The molecular formula is C69H50N2S. The smallest absolute Gasteiger partial charge is 0.0640 e. The molecule has 0 bridgehead atoms. The van der Waals surface area contributed by atoms with Crippen molar-refractivity contribution in [2.24, 2.45) is 0 Å². The monoisotopic (exact) mass is 938 g/mol. The minimum atomic E-state index is 0.191. The maximum absolute atomic E-state index is 2.49. The third-order valence-electron chi connectivity index (χ3n) is 14.5. The van der Waals surface area contributed by atoms with Crippen LogP contribution in [0, 0.1) is 0 Å². The van der Waals surface area contributed by atoms with Gasteiger partial charge in [0.25, 0.3) is 0 Å². The second-order valence-electron chi connectivity index (χ2n) is 18.7. The molecule has 0 radical (unpaired) electrons. The number of nitrogens with zero attached hydrogens (tertiary/aromatic N) is 2. The first kappa shape index (κ1) is 43.3. The summed E-state index contributed by atoms with van der Waals surface area (Å²) in [4.78, 5) is 4.92. The van der Waals surface area contributed by atoms with Gasteiger partial charge < -0.3 is 9.80 Å². The Morgan fingerprint density at radius 1 is 0.319 bits per heavy atom. The Bertz CT molecular complexity index is 3880. The van der Waals surface area contributed by atoms with Crippen molar-refractivity contribution in [3.63, 3.8) is 0 Å². The van der Waals surface area contributed by atoms with Crippen molar-refractivity contribution >= 4 is 65.6 Å². The Balaban J connectivity index is 0.998. The fourth-order valence-electron chi connectivity index (χ4n) is 11.2. The maximum atomic E-state index is 2.49. The van der Waals surface area contributed by atoms with Gasteiger partial charge in [-0.3, -0.25) is 0 Å². The summed E-state index contributed by atoms with van der Waals surface area (Å²) in [5.41, 5.74) is 20.8. The Kier molecular flexibility index (Phi) is 11.3. The van der Waals surface area contributed by atoms with Gasteiger partial charge in [-0.1, -0.05) is 212 Å². The zero-order valence-corrected chi connectivity index (χ0v) is 40.6. The predicted molar refractivity (Wildman–Crippen MR) is 307 cm³/mol. The van der Waals surface area contributed by atoms with Crippen LogP contribution in [0.3, 0.4) is 0 Å². The lowest BCUT2D eigenvalue weighted by molar-refractivity contribution is 0.717. The van der Waals surface area contributed by atoms with E-state index in [2.05, 4.69) is 283 Å². The molecule has 0 aliphatic heterocycles. The first-order chi connectivity index (χ1) is 35.7. The number of benzene rings is 11. The summed E-state index contributed by atoms with van der Waals surface area (Å²) < 4.78 is 2.49. The van der Waals surface area contributed by atoms with E-state index in [9.17, 15) is 0 Å². The second kappa shape index (κ2) is 18.9. The van der Waals surface area contributed by atoms with E-state index < -0.39 is 0 Å². The van der Waals surface area contributed by atoms with Crippen molar-refractivity contribution in [2.45, 2.75) is 18.8 Å². The number of para-hydroxylation sites is 2. The van der Waals surface area contributed by atoms with Crippen LogP contribution in [0.2, 0.25) is 0 Å². The lowest BCUT2D eigenvalue weighted by Gasteiger charge is -2.28. The Morgan fingerprint density at radius 3 is 1.36 bits per heavy atom. The van der Waals surface area contributed by atoms with Crippen LogP contribution in [-0.4, -0.2) is 0 Å². The lowest BCUT2D eigenvalue weighted by atomic mass is 9.81. The van der Waals surface area contributed by atoms with Crippen LogP contribution in [0.5, 0.6) is 0 Å². The molecule has 1 aliphatic rings. The highest BCUT2D eigenvalue weighted by atomic mass is 32.1. The molecule has 13 rings (SSSR count). The van der Waals surface area contributed by atoms with Crippen LogP contribution in [0.4, 0.5) is 34.1 Å². The molecule has 72 heavy (non-hydrogen) atoms. The van der Waals surface area contributed by atoms with E-state index in [1.54, 1.807) is 0 Å². The predicted octanol–water partition coefficient (Wildman–Crippen LogP) is 19.7. The molecule has 1 unspecified atom stereocenters. The van der Waals surface area contributed by atoms with Gasteiger partial charge in [-0.25, -0.2) is 0 Å². The van der Waals surface area contributed by atoms with Gasteiger partial charge in [0.05, 0.1) is 20.8 Å². The van der Waals surface area contributed by atoms with Gasteiger partial charge in [0, 0.05) is 39.4 Å². The summed E-state index contributed by atoms with van der Waals surface area (Å²) in [6.07, 6.45) is 1.84. The quantitative estimate of drug-likeness (QED) is 0.150. The third kappa shape index (κ3) is 7.85. The van der Waals surface area contributed by atoms with Crippen LogP contribution in [0.25, 0.3) is 64.7 Å². The molecule has 1 heterocycles. The van der Waals surface area contributed by atoms with Crippen molar-refractivity contribution in [3.8, 4) is 44.5 Å². The zero-order valence-electron chi connectivity index (χ0n) is 39.8. The number of anilines is 6. The summed E-state index contributed by atoms with van der Waals surface area (Å²) in [6, 6.07) is 101. The van der Waals surface area contributed by atoms with Gasteiger partial charge in [0.1, 0.15) is 0 Å². The van der Waals surface area contributed by atoms with Crippen molar-refractivity contribution < 1.29 is 0 Å². The van der Waals surface area contributed by atoms with Crippen molar-refractivity contribution in [1.82, 2.24) is 0 Å². The van der Waals surface area contributed by atoms with Gasteiger partial charge in [0.15, 0.2) is 0 Å². The first-order valence-electron chi connectivity index (χ1n) is 25.0. The normalized spacial score (nSPS) is 13.0. The molecule has 2 nitrogen and oxygen atoms in total. The maximum Gasteiger partial charge on any atom is 0.0640 e. The van der Waals surface area contributed by atoms with E-state index >= 15 is 0 Å². The molecule has 3 heteroatoms. The molecule has 0 N–H and O–H groups in total. The van der Waals surface area contributed by atoms with Crippen molar-refractivity contribution in [1.29, 1.82) is 0 Å². The largest absolute Gasteiger partial charge is 0.309 e. The summed E-state index contributed by atoms with van der Waals surface area (Å²) in [5.74, 6) is 0.191. The minimum Gasteiger partial charge on any atom is -0.309 e. The fourth-order valence-corrected chi connectivity index (χ4v) is 12.5. The molecule has 1 aromatic heterocycles. The number of hydrogen-bond donors (Lipinski definition) is 0. The van der Waals surface area contributed by atoms with Crippen LogP contribution < -0.4 is 9.80 Å². The van der Waals surface area contributed by atoms with E-state index in [0.717, 1.165) is 47.0 Å². The lowest BCUT2D eigenvalue weighted by Crippen LogP contribution is -2.11. The van der Waals surface area contributed by atoms with Gasteiger partial charge in [0.2, 0.25) is 0 Å². The highest BCUT2D eigenvalue weighted by Gasteiger charge is 2.26. The van der Waals surface area contributed by atoms with Crippen molar-refractivity contribution in [3.05, 3.63) is 290 Å². The highest BCUT2D eigenvalue weighted by Crippen LogP contribution is 2.51. The Morgan fingerprint density at radius 2 is 0.764 bits per heavy atom. The van der Waals surface area contributed by atoms with E-state index in [4.69, 9.17) is 0 Å². The molecule has 1 aliphatic carbocycles. The number of rotatable bonds is 8. The molecule has 342 valence electrons. The summed E-state index contributed by atoms with van der Waals surface area (Å²) in [6.45, 7) is 0. The number of thiophene rings is 1. The number of hydrogen-bond acceptors (Lipinski definition) is 3. The SMILES string of the molecule is c1ccc(-c2cccc(N(c3ccccc3)c3cccc4c3sc3c(N(c5ccccc5)c5ccc6c(c5)CCC(c5ccccc5)c5ccccc5-c5ccccc5-c5ccccc5-6)cccc34)c2)cc1. The van der Waals surface area contributed by atoms with E-state index in [0.29, 0.717) is 0 Å². The summed E-state index contributed by atoms with van der Waals surface area (Å²) in [7, 11) is 0. The first-order valence-corrected chi connectivity index (χ1v) is 25.8. The van der Waals surface area contributed by atoms with Gasteiger partial charge in [-0.15, -0.1) is 11.3 Å². The van der Waals surface area contributed by atoms with Gasteiger partial charge in [-0.2, -0.15) is 0 Å². The summed E-state index contributed by atoms with van der Waals surface area (Å²) in [5, 5.41) is 2.49. The van der Waals surface area contributed by atoms with Gasteiger partial charge in [-0.05, 0) is 135 Å². The van der Waals surface area contributed by atoms with Crippen molar-refractivity contribution in [2.75, 3.05) is 9.80 Å². The molecule has 0 saturated heterocycles. The molecule has 0 spiro atoms. The van der Waals surface area contributed by atoms with E-state index in [-0.39, 0.29) is 5.92 Å². The Hall–Kier alpha value is -8.76. The highest BCUT2D eigenvalue weighted by molar-refractivity contribution is 7.27. The topological polar surface area (TPSA) is 6.48 Å². The third-order valence-corrected chi connectivity index (χ3v) is 15.8.